The van der Waals surface area contributed by atoms with Gasteiger partial charge in [-0.1, -0.05) is 54.6 Å². The number of nitrogens with one attached hydrogen (secondary N) is 1. The minimum Gasteiger partial charge on any atom is -0.311 e. The summed E-state index contributed by atoms with van der Waals surface area (Å²) in [5, 5.41) is 3.50. The Bertz CT molecular complexity index is 943. The van der Waals surface area contributed by atoms with Gasteiger partial charge in [0.2, 0.25) is 0 Å². The van der Waals surface area contributed by atoms with Crippen LogP contribution in [0.1, 0.15) is 22.3 Å². The van der Waals surface area contributed by atoms with Gasteiger partial charge in [0.1, 0.15) is 11.6 Å². The highest BCUT2D eigenvalue weighted by molar-refractivity contribution is 5.32. The predicted octanol–water partition coefficient (Wildman–Crippen LogP) is 4.72. The molecule has 0 amide bonds. The van der Waals surface area contributed by atoms with E-state index in [4.69, 9.17) is 0 Å². The van der Waals surface area contributed by atoms with Crippen LogP contribution < -0.4 is 5.32 Å². The van der Waals surface area contributed by atoms with Crippen molar-refractivity contribution < 1.29 is 8.78 Å². The van der Waals surface area contributed by atoms with Crippen LogP contribution in [0.15, 0.2) is 72.8 Å². The van der Waals surface area contributed by atoms with Crippen LogP contribution in [0.25, 0.3) is 0 Å². The van der Waals surface area contributed by atoms with Crippen LogP contribution in [0.5, 0.6) is 0 Å². The molecule has 1 aliphatic rings. The average Bonchev–Trinajstić information content (AvgIpc) is 2.74. The van der Waals surface area contributed by atoms with Crippen molar-refractivity contribution in [2.45, 2.75) is 32.0 Å². The standard InChI is InChI=1S/C25H26F2N2/c26-23-11-10-21-18-29(13-12-28-17-19-6-2-1-3-7-19)24(16-22(21)14-23)15-20-8-4-5-9-25(20)27/h1-11,14,24,28H,12-13,15-18H2. The molecule has 0 radical (unpaired) electrons. The number of hydrogen-bond acceptors (Lipinski definition) is 2. The fraction of sp³-hybridized carbons (Fsp3) is 0.280. The summed E-state index contributed by atoms with van der Waals surface area (Å²) in [4.78, 5) is 2.39. The summed E-state index contributed by atoms with van der Waals surface area (Å²) in [7, 11) is 0. The summed E-state index contributed by atoms with van der Waals surface area (Å²) < 4.78 is 28.0. The second-order valence-electron chi connectivity index (χ2n) is 7.70. The molecule has 3 aromatic rings. The molecule has 0 saturated heterocycles. The van der Waals surface area contributed by atoms with Gasteiger partial charge in [0, 0.05) is 32.2 Å². The summed E-state index contributed by atoms with van der Waals surface area (Å²) in [6, 6.07) is 22.5. The van der Waals surface area contributed by atoms with Crippen molar-refractivity contribution >= 4 is 0 Å². The second-order valence-corrected chi connectivity index (χ2v) is 7.70. The molecule has 4 rings (SSSR count). The summed E-state index contributed by atoms with van der Waals surface area (Å²) in [6.07, 6.45) is 1.36. The van der Waals surface area contributed by atoms with Crippen molar-refractivity contribution in [3.8, 4) is 0 Å². The smallest absolute Gasteiger partial charge is 0.126 e. The quantitative estimate of drug-likeness (QED) is 0.585. The van der Waals surface area contributed by atoms with Gasteiger partial charge in [-0.2, -0.15) is 0 Å². The van der Waals surface area contributed by atoms with E-state index in [1.165, 1.54) is 23.3 Å². The highest BCUT2D eigenvalue weighted by Crippen LogP contribution is 2.26. The van der Waals surface area contributed by atoms with Crippen LogP contribution in [0, 0.1) is 11.6 Å². The Balaban J connectivity index is 1.44. The molecule has 1 unspecified atom stereocenters. The zero-order chi connectivity index (χ0) is 20.1. The molecule has 0 fully saturated rings. The molecule has 29 heavy (non-hydrogen) atoms. The molecular formula is C25H26F2N2. The molecule has 4 heteroatoms. The molecule has 1 N–H and O–H groups in total. The fourth-order valence-corrected chi connectivity index (χ4v) is 4.10. The van der Waals surface area contributed by atoms with Gasteiger partial charge in [0.25, 0.3) is 0 Å². The van der Waals surface area contributed by atoms with Crippen LogP contribution >= 0.6 is 0 Å². The molecule has 0 aromatic heterocycles. The van der Waals surface area contributed by atoms with E-state index in [0.717, 1.165) is 43.7 Å². The van der Waals surface area contributed by atoms with Crippen LogP contribution in [0.4, 0.5) is 8.78 Å². The first-order chi connectivity index (χ1) is 14.2. The van der Waals surface area contributed by atoms with Gasteiger partial charge in [-0.25, -0.2) is 8.78 Å². The minimum atomic E-state index is -0.202. The Morgan fingerprint density at radius 2 is 1.69 bits per heavy atom. The topological polar surface area (TPSA) is 15.3 Å². The molecule has 2 nitrogen and oxygen atoms in total. The van der Waals surface area contributed by atoms with Crippen molar-refractivity contribution in [1.82, 2.24) is 10.2 Å². The van der Waals surface area contributed by atoms with Crippen molar-refractivity contribution in [2.75, 3.05) is 13.1 Å². The Morgan fingerprint density at radius 1 is 0.897 bits per heavy atom. The zero-order valence-electron chi connectivity index (χ0n) is 16.5. The van der Waals surface area contributed by atoms with Crippen molar-refractivity contribution in [3.63, 3.8) is 0 Å². The van der Waals surface area contributed by atoms with Gasteiger partial charge < -0.3 is 5.32 Å². The molecule has 3 aromatic carbocycles. The Morgan fingerprint density at radius 3 is 2.52 bits per heavy atom. The normalized spacial score (nSPS) is 16.6. The third kappa shape index (κ3) is 5.08. The van der Waals surface area contributed by atoms with E-state index in [0.29, 0.717) is 6.42 Å². The Hall–Kier alpha value is -2.56. The SMILES string of the molecule is Fc1ccc2c(c1)CC(Cc1ccccc1F)N(CCNCc1ccccc1)C2. The van der Waals surface area contributed by atoms with Crippen LogP contribution in [0.2, 0.25) is 0 Å². The van der Waals surface area contributed by atoms with Crippen molar-refractivity contribution in [3.05, 3.63) is 107 Å². The first-order valence-electron chi connectivity index (χ1n) is 10.2. The zero-order valence-corrected chi connectivity index (χ0v) is 16.5. The summed E-state index contributed by atoms with van der Waals surface area (Å²) in [5.74, 6) is -0.369. The Labute approximate surface area is 171 Å². The van der Waals surface area contributed by atoms with E-state index in [1.54, 1.807) is 12.1 Å². The first kappa shape index (κ1) is 19.7. The average molecular weight is 392 g/mol. The largest absolute Gasteiger partial charge is 0.311 e. The highest BCUT2D eigenvalue weighted by Gasteiger charge is 2.27. The summed E-state index contributed by atoms with van der Waals surface area (Å²) >= 11 is 0. The second kappa shape index (κ2) is 9.29. The maximum atomic E-state index is 14.2. The highest BCUT2D eigenvalue weighted by atomic mass is 19.1. The van der Waals surface area contributed by atoms with E-state index in [1.807, 2.05) is 36.4 Å². The molecule has 0 spiro atoms. The van der Waals surface area contributed by atoms with E-state index in [2.05, 4.69) is 22.3 Å². The minimum absolute atomic E-state index is 0.153. The third-order valence-electron chi connectivity index (χ3n) is 5.67. The molecule has 1 aliphatic heterocycles. The number of nitrogens with zero attached hydrogens (tertiary/aromatic N) is 1. The van der Waals surface area contributed by atoms with Crippen LogP contribution in [0.3, 0.4) is 0 Å². The monoisotopic (exact) mass is 392 g/mol. The van der Waals surface area contributed by atoms with Crippen molar-refractivity contribution in [2.24, 2.45) is 0 Å². The molecular weight excluding hydrogens is 366 g/mol. The molecule has 0 saturated carbocycles. The molecule has 1 atom stereocenters. The third-order valence-corrected chi connectivity index (χ3v) is 5.67. The first-order valence-corrected chi connectivity index (χ1v) is 10.2. The molecule has 150 valence electrons. The van der Waals surface area contributed by atoms with Crippen LogP contribution in [-0.2, 0) is 25.9 Å². The van der Waals surface area contributed by atoms with Gasteiger partial charge in [0.15, 0.2) is 0 Å². The van der Waals surface area contributed by atoms with E-state index >= 15 is 0 Å². The lowest BCUT2D eigenvalue weighted by Crippen LogP contribution is -2.44. The molecule has 0 bridgehead atoms. The molecule has 0 aliphatic carbocycles. The number of fused-ring (bicyclic) bond motifs is 1. The van der Waals surface area contributed by atoms with Gasteiger partial charge in [-0.05, 0) is 53.3 Å². The lowest BCUT2D eigenvalue weighted by Gasteiger charge is -2.37. The van der Waals surface area contributed by atoms with Gasteiger partial charge in [-0.15, -0.1) is 0 Å². The van der Waals surface area contributed by atoms with Gasteiger partial charge in [-0.3, -0.25) is 4.90 Å². The van der Waals surface area contributed by atoms with Crippen molar-refractivity contribution in [1.29, 1.82) is 0 Å². The summed E-state index contributed by atoms with van der Waals surface area (Å²) in [6.45, 7) is 3.30. The number of hydrogen-bond donors (Lipinski definition) is 1. The maximum absolute atomic E-state index is 14.2. The fourth-order valence-electron chi connectivity index (χ4n) is 4.10. The van der Waals surface area contributed by atoms with E-state index in [9.17, 15) is 8.78 Å². The lowest BCUT2D eigenvalue weighted by molar-refractivity contribution is 0.169. The number of benzene rings is 3. The van der Waals surface area contributed by atoms with Gasteiger partial charge in [0.05, 0.1) is 0 Å². The van der Waals surface area contributed by atoms with E-state index in [-0.39, 0.29) is 17.7 Å². The van der Waals surface area contributed by atoms with Crippen LogP contribution in [-0.4, -0.2) is 24.0 Å². The molecule has 1 heterocycles. The lowest BCUT2D eigenvalue weighted by atomic mass is 9.90. The van der Waals surface area contributed by atoms with Gasteiger partial charge >= 0.3 is 0 Å². The maximum Gasteiger partial charge on any atom is 0.126 e. The number of halogens is 2. The van der Waals surface area contributed by atoms with E-state index < -0.39 is 0 Å². The Kier molecular flexibility index (Phi) is 6.33. The number of rotatable bonds is 7. The summed E-state index contributed by atoms with van der Waals surface area (Å²) in [5.41, 5.74) is 4.19. The predicted molar refractivity (Wildman–Crippen MR) is 113 cm³/mol.